The highest BCUT2D eigenvalue weighted by atomic mass is 79.9. The highest BCUT2D eigenvalue weighted by molar-refractivity contribution is 9.10. The van der Waals surface area contributed by atoms with Gasteiger partial charge in [-0.15, -0.1) is 0 Å². The van der Waals surface area contributed by atoms with E-state index in [0.29, 0.717) is 0 Å². The number of methoxy groups -OCH3 is 1. The monoisotopic (exact) mass is 207 g/mol. The SMILES string of the molecule is [2H]c1c([2H])c(N)c(OC([2H])([2H])[2H])c(Br)c1[2H]. The zero-order chi connectivity index (χ0) is 12.7. The molecule has 3 heteroatoms. The lowest BCUT2D eigenvalue weighted by Gasteiger charge is -2.04. The average Bonchev–Trinajstić information content (AvgIpc) is 2.17. The van der Waals surface area contributed by atoms with Crippen LogP contribution in [0.1, 0.15) is 8.22 Å². The molecule has 0 spiro atoms. The van der Waals surface area contributed by atoms with Crippen molar-refractivity contribution in [2.45, 2.75) is 0 Å². The van der Waals surface area contributed by atoms with Crippen LogP contribution < -0.4 is 10.5 Å². The quantitative estimate of drug-likeness (QED) is 0.716. The summed E-state index contributed by atoms with van der Waals surface area (Å²) in [7, 11) is -2.72. The highest BCUT2D eigenvalue weighted by Gasteiger charge is 2.00. The Morgan fingerprint density at radius 2 is 2.60 bits per heavy atom. The fourth-order valence-electron chi connectivity index (χ4n) is 0.485. The minimum absolute atomic E-state index is 0.0397. The molecule has 10 heavy (non-hydrogen) atoms. The summed E-state index contributed by atoms with van der Waals surface area (Å²) < 4.78 is 47.6. The first-order valence-corrected chi connectivity index (χ1v) is 3.18. The summed E-state index contributed by atoms with van der Waals surface area (Å²) in [5.74, 6) is -0.300. The van der Waals surface area contributed by atoms with Gasteiger partial charge in [0.2, 0.25) is 0 Å². The first kappa shape index (κ1) is 2.74. The van der Waals surface area contributed by atoms with Gasteiger partial charge in [0.1, 0.15) is 0 Å². The van der Waals surface area contributed by atoms with Gasteiger partial charge in [0.15, 0.2) is 5.75 Å². The van der Waals surface area contributed by atoms with E-state index in [4.69, 9.17) is 14.0 Å². The second kappa shape index (κ2) is 2.92. The van der Waals surface area contributed by atoms with Crippen molar-refractivity contribution < 1.29 is 13.0 Å². The molecule has 0 heterocycles. The van der Waals surface area contributed by atoms with Crippen molar-refractivity contribution in [2.75, 3.05) is 12.8 Å². The molecule has 1 rings (SSSR count). The molecule has 0 bridgehead atoms. The summed E-state index contributed by atoms with van der Waals surface area (Å²) in [4.78, 5) is 0. The Morgan fingerprint density at radius 1 is 1.80 bits per heavy atom. The van der Waals surface area contributed by atoms with Crippen LogP contribution in [0.15, 0.2) is 22.6 Å². The molecular weight excluding hydrogens is 194 g/mol. The summed E-state index contributed by atoms with van der Waals surface area (Å²) in [5, 5.41) is 0. The number of nitrogen functional groups attached to an aromatic ring is 1. The van der Waals surface area contributed by atoms with E-state index < -0.39 is 13.1 Å². The molecule has 0 aliphatic rings. The van der Waals surface area contributed by atoms with Gasteiger partial charge in [-0.05, 0) is 28.0 Å². The summed E-state index contributed by atoms with van der Waals surface area (Å²) in [6.07, 6.45) is 0. The maximum atomic E-state index is 7.46. The van der Waals surface area contributed by atoms with Gasteiger partial charge < -0.3 is 10.5 Å². The number of hydrogen-bond acceptors (Lipinski definition) is 2. The number of anilines is 1. The Bertz CT molecular complexity index is 403. The molecule has 1 aromatic carbocycles. The lowest BCUT2D eigenvalue weighted by atomic mass is 10.3. The van der Waals surface area contributed by atoms with Crippen LogP contribution in [0.4, 0.5) is 5.69 Å². The Balaban J connectivity index is 3.40. The van der Waals surface area contributed by atoms with E-state index >= 15 is 0 Å². The van der Waals surface area contributed by atoms with Crippen molar-refractivity contribution in [2.24, 2.45) is 0 Å². The van der Waals surface area contributed by atoms with Crippen molar-refractivity contribution in [3.05, 3.63) is 22.6 Å². The van der Waals surface area contributed by atoms with Crippen LogP contribution in [0.25, 0.3) is 0 Å². The van der Waals surface area contributed by atoms with E-state index in [1.807, 2.05) is 0 Å². The maximum Gasteiger partial charge on any atom is 0.155 e. The van der Waals surface area contributed by atoms with Gasteiger partial charge in [-0.1, -0.05) is 6.04 Å². The van der Waals surface area contributed by atoms with E-state index in [2.05, 4.69) is 20.7 Å². The third-order valence-corrected chi connectivity index (χ3v) is 1.47. The predicted octanol–water partition coefficient (Wildman–Crippen LogP) is 2.04. The van der Waals surface area contributed by atoms with Gasteiger partial charge in [0, 0.05) is 0 Å². The summed E-state index contributed by atoms with van der Waals surface area (Å²) in [6.45, 7) is 0. The zero-order valence-electron chi connectivity index (χ0n) is 10.9. The minimum atomic E-state index is -2.72. The summed E-state index contributed by atoms with van der Waals surface area (Å²) in [5.41, 5.74) is 5.19. The first-order valence-electron chi connectivity index (χ1n) is 5.39. The molecule has 0 fully saturated rings. The third-order valence-electron chi connectivity index (χ3n) is 0.915. The highest BCUT2D eigenvalue weighted by Crippen LogP contribution is 2.29. The fraction of sp³-hybridized carbons (Fsp3) is 0.143. The minimum Gasteiger partial charge on any atom is -0.493 e. The van der Waals surface area contributed by atoms with Crippen LogP contribution >= 0.6 is 15.9 Å². The molecule has 1 aromatic rings. The van der Waals surface area contributed by atoms with E-state index in [-0.39, 0.29) is 28.0 Å². The van der Waals surface area contributed by atoms with Crippen molar-refractivity contribution in [1.29, 1.82) is 0 Å². The van der Waals surface area contributed by atoms with Crippen molar-refractivity contribution in [3.8, 4) is 5.75 Å². The summed E-state index contributed by atoms with van der Waals surface area (Å²) >= 11 is 2.92. The molecule has 0 saturated carbocycles. The molecule has 0 aliphatic heterocycles. The topological polar surface area (TPSA) is 35.2 Å². The molecule has 2 nitrogen and oxygen atoms in total. The van der Waals surface area contributed by atoms with Crippen molar-refractivity contribution in [3.63, 3.8) is 0 Å². The molecule has 54 valence electrons. The third kappa shape index (κ3) is 1.24. The Kier molecular flexibility index (Phi) is 0.800. The summed E-state index contributed by atoms with van der Waals surface area (Å²) in [6, 6.07) is -1.15. The zero-order valence-corrected chi connectivity index (χ0v) is 6.45. The number of nitrogens with two attached hydrogens (primary N) is 1. The van der Waals surface area contributed by atoms with E-state index in [0.717, 1.165) is 0 Å². The average molecular weight is 208 g/mol. The normalized spacial score (nSPS) is 19.3. The lowest BCUT2D eigenvalue weighted by Crippen LogP contribution is -1.91. The lowest BCUT2D eigenvalue weighted by molar-refractivity contribution is 0.414. The molecule has 0 atom stereocenters. The van der Waals surface area contributed by atoms with Crippen molar-refractivity contribution in [1.82, 2.24) is 0 Å². The number of hydrogen-bond donors (Lipinski definition) is 1. The van der Waals surface area contributed by atoms with Crippen LogP contribution in [-0.2, 0) is 0 Å². The van der Waals surface area contributed by atoms with Gasteiger partial charge in [0.05, 0.1) is 25.4 Å². The second-order valence-corrected chi connectivity index (χ2v) is 2.33. The van der Waals surface area contributed by atoms with Crippen LogP contribution in [-0.4, -0.2) is 7.04 Å². The standard InChI is InChI=1S/C7H8BrNO/c1-10-7-5(8)3-2-4-6(7)9/h2-4H,9H2,1H3/i1D3,2D,3D,4D. The van der Waals surface area contributed by atoms with Gasteiger partial charge in [-0.25, -0.2) is 0 Å². The Morgan fingerprint density at radius 3 is 3.30 bits per heavy atom. The number of benzene rings is 1. The van der Waals surface area contributed by atoms with Crippen LogP contribution in [0, 0.1) is 0 Å². The number of ether oxygens (including phenoxy) is 1. The van der Waals surface area contributed by atoms with Crippen LogP contribution in [0.2, 0.25) is 0 Å². The first-order chi connectivity index (χ1) is 7.15. The van der Waals surface area contributed by atoms with Gasteiger partial charge >= 0.3 is 0 Å². The number of para-hydroxylation sites is 1. The van der Waals surface area contributed by atoms with Gasteiger partial charge in [-0.2, -0.15) is 0 Å². The molecule has 0 unspecified atom stereocenters. The number of halogens is 1. The molecule has 0 aromatic heterocycles. The molecule has 2 N–H and O–H groups in total. The van der Waals surface area contributed by atoms with Gasteiger partial charge in [0.25, 0.3) is 0 Å². The van der Waals surface area contributed by atoms with E-state index in [1.54, 1.807) is 0 Å². The maximum absolute atomic E-state index is 7.46. The Hall–Kier alpha value is -0.700. The van der Waals surface area contributed by atoms with E-state index in [9.17, 15) is 0 Å². The van der Waals surface area contributed by atoms with Crippen LogP contribution in [0.5, 0.6) is 5.75 Å². The van der Waals surface area contributed by atoms with Crippen LogP contribution in [0.3, 0.4) is 0 Å². The molecule has 0 aliphatic carbocycles. The predicted molar refractivity (Wildman–Crippen MR) is 45.1 cm³/mol. The van der Waals surface area contributed by atoms with E-state index in [1.165, 1.54) is 0 Å². The van der Waals surface area contributed by atoms with Crippen molar-refractivity contribution >= 4 is 21.6 Å². The largest absolute Gasteiger partial charge is 0.493 e. The number of rotatable bonds is 1. The fourth-order valence-corrected chi connectivity index (χ4v) is 0.879. The Labute approximate surface area is 76.5 Å². The second-order valence-electron chi connectivity index (χ2n) is 1.53. The molecular formula is C7H8BrNO. The molecule has 0 amide bonds. The molecule has 0 radical (unpaired) electrons. The van der Waals surface area contributed by atoms with Gasteiger partial charge in [-0.3, -0.25) is 0 Å². The smallest absolute Gasteiger partial charge is 0.155 e. The molecule has 0 saturated heterocycles.